The van der Waals surface area contributed by atoms with Gasteiger partial charge in [-0.25, -0.2) is 0 Å². The first kappa shape index (κ1) is 16.1. The number of hydrogen-bond donors (Lipinski definition) is 1. The fraction of sp³-hybridized carbons (Fsp3) is 0.647. The number of fused-ring (bicyclic) bond motifs is 1. The first-order valence-corrected chi connectivity index (χ1v) is 8.07. The number of benzene rings is 1. The van der Waals surface area contributed by atoms with Crippen LogP contribution in [-0.4, -0.2) is 43.4 Å². The molecule has 0 aromatic heterocycles. The molecule has 4 nitrogen and oxygen atoms in total. The summed E-state index contributed by atoms with van der Waals surface area (Å²) in [6.45, 7) is 11.8. The summed E-state index contributed by atoms with van der Waals surface area (Å²) in [5, 5.41) is 3.48. The van der Waals surface area contributed by atoms with Crippen LogP contribution >= 0.6 is 0 Å². The van der Waals surface area contributed by atoms with Crippen molar-refractivity contribution in [3.8, 4) is 11.5 Å². The van der Waals surface area contributed by atoms with Crippen LogP contribution in [0.5, 0.6) is 11.5 Å². The molecule has 1 heterocycles. The van der Waals surface area contributed by atoms with Crippen LogP contribution in [0.25, 0.3) is 0 Å². The summed E-state index contributed by atoms with van der Waals surface area (Å²) in [6.07, 6.45) is 2.02. The van der Waals surface area contributed by atoms with Gasteiger partial charge in [-0.2, -0.15) is 0 Å². The molecule has 1 aromatic carbocycles. The van der Waals surface area contributed by atoms with E-state index in [-0.39, 0.29) is 0 Å². The smallest absolute Gasteiger partial charge is 0.250 e. The lowest BCUT2D eigenvalue weighted by atomic mass is 10.2. The van der Waals surface area contributed by atoms with Crippen molar-refractivity contribution in [2.75, 3.05) is 32.7 Å². The van der Waals surface area contributed by atoms with E-state index in [1.54, 1.807) is 0 Å². The molecule has 2 rings (SSSR count). The van der Waals surface area contributed by atoms with Crippen molar-refractivity contribution in [1.29, 1.82) is 0 Å². The van der Waals surface area contributed by atoms with Gasteiger partial charge in [0.2, 0.25) is 5.79 Å². The zero-order valence-corrected chi connectivity index (χ0v) is 13.5. The molecule has 118 valence electrons. The van der Waals surface area contributed by atoms with E-state index in [0.29, 0.717) is 0 Å². The van der Waals surface area contributed by atoms with Crippen molar-refractivity contribution < 1.29 is 9.47 Å². The molecule has 1 N–H and O–H groups in total. The first-order chi connectivity index (χ1) is 10.2. The summed E-state index contributed by atoms with van der Waals surface area (Å²) >= 11 is 0. The molecule has 0 amide bonds. The second kappa shape index (κ2) is 7.66. The molecule has 0 spiro atoms. The molecule has 0 atom stereocenters. The Labute approximate surface area is 128 Å². The van der Waals surface area contributed by atoms with E-state index >= 15 is 0 Å². The lowest BCUT2D eigenvalue weighted by Crippen LogP contribution is -2.38. The predicted molar refractivity (Wildman–Crippen MR) is 86.0 cm³/mol. The van der Waals surface area contributed by atoms with Crippen LogP contribution in [0, 0.1) is 0 Å². The topological polar surface area (TPSA) is 33.7 Å². The number of rotatable bonds is 9. The Morgan fingerprint density at radius 1 is 1.05 bits per heavy atom. The summed E-state index contributed by atoms with van der Waals surface area (Å²) in [7, 11) is 0. The van der Waals surface area contributed by atoms with Crippen LogP contribution in [0.15, 0.2) is 24.3 Å². The van der Waals surface area contributed by atoms with E-state index in [9.17, 15) is 0 Å². The van der Waals surface area contributed by atoms with Crippen LogP contribution in [0.2, 0.25) is 0 Å². The Kier molecular flexibility index (Phi) is 5.88. The molecule has 0 aliphatic carbocycles. The molecule has 0 unspecified atom stereocenters. The van der Waals surface area contributed by atoms with Crippen LogP contribution < -0.4 is 14.8 Å². The van der Waals surface area contributed by atoms with Gasteiger partial charge in [0.15, 0.2) is 11.5 Å². The predicted octanol–water partition coefficient (Wildman–Crippen LogP) is 2.89. The lowest BCUT2D eigenvalue weighted by molar-refractivity contribution is -0.0672. The maximum absolute atomic E-state index is 5.90. The number of ether oxygens (including phenoxy) is 2. The van der Waals surface area contributed by atoms with E-state index in [2.05, 4.69) is 24.1 Å². The second-order valence-electron chi connectivity index (χ2n) is 5.67. The normalized spacial score (nSPS) is 15.6. The van der Waals surface area contributed by atoms with Gasteiger partial charge in [0, 0.05) is 19.9 Å². The Morgan fingerprint density at radius 2 is 1.67 bits per heavy atom. The van der Waals surface area contributed by atoms with Crippen molar-refractivity contribution >= 4 is 0 Å². The van der Waals surface area contributed by atoms with Crippen molar-refractivity contribution in [3.05, 3.63) is 24.3 Å². The SMILES string of the molecule is CCN(CC)CCCNCCC1(C)Oc2ccccc2O1. The van der Waals surface area contributed by atoms with Gasteiger partial charge in [-0.3, -0.25) is 0 Å². The number of nitrogens with zero attached hydrogens (tertiary/aromatic N) is 1. The first-order valence-electron chi connectivity index (χ1n) is 8.07. The molecule has 0 saturated carbocycles. The summed E-state index contributed by atoms with van der Waals surface area (Å²) in [4.78, 5) is 2.45. The minimum atomic E-state index is -0.532. The molecule has 1 aliphatic rings. The highest BCUT2D eigenvalue weighted by Crippen LogP contribution is 2.39. The fourth-order valence-electron chi connectivity index (χ4n) is 2.61. The second-order valence-corrected chi connectivity index (χ2v) is 5.67. The lowest BCUT2D eigenvalue weighted by Gasteiger charge is -2.23. The monoisotopic (exact) mass is 292 g/mol. The Hall–Kier alpha value is -1.26. The molecule has 0 saturated heterocycles. The zero-order valence-electron chi connectivity index (χ0n) is 13.5. The minimum absolute atomic E-state index is 0.532. The summed E-state index contributed by atoms with van der Waals surface area (Å²) in [5.74, 6) is 1.17. The molecular formula is C17H28N2O2. The molecule has 4 heteroatoms. The molecule has 21 heavy (non-hydrogen) atoms. The average molecular weight is 292 g/mol. The molecule has 1 aromatic rings. The molecule has 0 fully saturated rings. The largest absolute Gasteiger partial charge is 0.449 e. The average Bonchev–Trinajstić information content (AvgIpc) is 2.83. The highest BCUT2D eigenvalue weighted by atomic mass is 16.7. The number of para-hydroxylation sites is 2. The summed E-state index contributed by atoms with van der Waals surface area (Å²) in [5.41, 5.74) is 0. The summed E-state index contributed by atoms with van der Waals surface area (Å²) < 4.78 is 11.8. The third-order valence-electron chi connectivity index (χ3n) is 3.98. The van der Waals surface area contributed by atoms with Gasteiger partial charge < -0.3 is 19.7 Å². The standard InChI is InChI=1S/C17H28N2O2/c1-4-19(5-2)14-8-12-18-13-11-17(3)20-15-9-6-7-10-16(15)21-17/h6-7,9-10,18H,4-5,8,11-14H2,1-3H3. The van der Waals surface area contributed by atoms with E-state index in [4.69, 9.17) is 9.47 Å². The highest BCUT2D eigenvalue weighted by molar-refractivity contribution is 5.42. The van der Waals surface area contributed by atoms with Gasteiger partial charge in [-0.1, -0.05) is 26.0 Å². The van der Waals surface area contributed by atoms with Gasteiger partial charge in [0.05, 0.1) is 0 Å². The van der Waals surface area contributed by atoms with E-state index in [1.165, 1.54) is 6.42 Å². The molecular weight excluding hydrogens is 264 g/mol. The molecule has 0 radical (unpaired) electrons. The van der Waals surface area contributed by atoms with E-state index in [0.717, 1.165) is 50.6 Å². The van der Waals surface area contributed by atoms with Crippen molar-refractivity contribution in [2.45, 2.75) is 39.4 Å². The van der Waals surface area contributed by atoms with Gasteiger partial charge in [0.25, 0.3) is 0 Å². The third-order valence-corrected chi connectivity index (χ3v) is 3.98. The van der Waals surface area contributed by atoms with Gasteiger partial charge in [-0.05, 0) is 44.7 Å². The maximum Gasteiger partial charge on any atom is 0.250 e. The van der Waals surface area contributed by atoms with Crippen LogP contribution in [0.1, 0.15) is 33.6 Å². The quantitative estimate of drug-likeness (QED) is 0.710. The van der Waals surface area contributed by atoms with E-state index in [1.807, 2.05) is 31.2 Å². The minimum Gasteiger partial charge on any atom is -0.449 e. The van der Waals surface area contributed by atoms with Gasteiger partial charge in [-0.15, -0.1) is 0 Å². The third kappa shape index (κ3) is 4.61. The number of nitrogens with one attached hydrogen (secondary N) is 1. The number of hydrogen-bond acceptors (Lipinski definition) is 4. The molecule has 0 bridgehead atoms. The zero-order chi connectivity index (χ0) is 15.1. The Bertz CT molecular complexity index is 408. The van der Waals surface area contributed by atoms with Crippen molar-refractivity contribution in [1.82, 2.24) is 10.2 Å². The van der Waals surface area contributed by atoms with Crippen LogP contribution in [0.4, 0.5) is 0 Å². The van der Waals surface area contributed by atoms with Gasteiger partial charge in [0.1, 0.15) is 0 Å². The highest BCUT2D eigenvalue weighted by Gasteiger charge is 2.35. The maximum atomic E-state index is 5.90. The van der Waals surface area contributed by atoms with Gasteiger partial charge >= 0.3 is 0 Å². The van der Waals surface area contributed by atoms with E-state index < -0.39 is 5.79 Å². The Balaban J connectivity index is 1.62. The summed E-state index contributed by atoms with van der Waals surface area (Å²) in [6, 6.07) is 7.86. The van der Waals surface area contributed by atoms with Crippen molar-refractivity contribution in [2.24, 2.45) is 0 Å². The fourth-order valence-corrected chi connectivity index (χ4v) is 2.61. The van der Waals surface area contributed by atoms with Crippen molar-refractivity contribution in [3.63, 3.8) is 0 Å². The molecule has 1 aliphatic heterocycles. The van der Waals surface area contributed by atoms with Crippen LogP contribution in [-0.2, 0) is 0 Å². The Morgan fingerprint density at radius 3 is 2.24 bits per heavy atom. The van der Waals surface area contributed by atoms with Crippen LogP contribution in [0.3, 0.4) is 0 Å².